The zero-order valence-electron chi connectivity index (χ0n) is 16.5. The molecule has 30 heavy (non-hydrogen) atoms. The Hall–Kier alpha value is -3.59. The maximum atomic E-state index is 12.1. The van der Waals surface area contributed by atoms with Gasteiger partial charge < -0.3 is 15.2 Å². The molecular weight excluding hydrogens is 400 g/mol. The molecule has 0 atom stereocenters. The molecule has 152 valence electrons. The van der Waals surface area contributed by atoms with Gasteiger partial charge in [-0.25, -0.2) is 9.97 Å². The number of carbonyl (C=O) groups excluding carboxylic acids is 1. The van der Waals surface area contributed by atoms with Crippen LogP contribution in [0.1, 0.15) is 20.9 Å². The minimum atomic E-state index is -0.147. The molecule has 2 N–H and O–H groups in total. The fourth-order valence-corrected chi connectivity index (χ4v) is 3.71. The highest BCUT2D eigenvalue weighted by atomic mass is 32.1. The van der Waals surface area contributed by atoms with Crippen molar-refractivity contribution in [2.45, 2.75) is 13.8 Å². The van der Waals surface area contributed by atoms with E-state index in [0.29, 0.717) is 30.4 Å². The standard InChI is InChI=1S/C21H20N6O2S/c1-13-11-17(29-27-13)16-12-25-21(26-19(16)18-4-3-14(2)30-18)24-10-9-23-20(28)15-5-7-22-8-6-15/h3-8,11-12H,9-10H2,1-2H3,(H,23,28)(H,24,25,26). The van der Waals surface area contributed by atoms with Crippen molar-refractivity contribution < 1.29 is 9.32 Å². The van der Waals surface area contributed by atoms with Gasteiger partial charge in [0.1, 0.15) is 0 Å². The third kappa shape index (κ3) is 4.52. The minimum absolute atomic E-state index is 0.147. The molecule has 1 amide bonds. The van der Waals surface area contributed by atoms with E-state index < -0.39 is 0 Å². The number of nitrogens with zero attached hydrogens (tertiary/aromatic N) is 4. The lowest BCUT2D eigenvalue weighted by Crippen LogP contribution is -2.29. The van der Waals surface area contributed by atoms with Crippen LogP contribution in [0.2, 0.25) is 0 Å². The Morgan fingerprint density at radius 2 is 1.97 bits per heavy atom. The SMILES string of the molecule is Cc1cc(-c2cnc(NCCNC(=O)c3ccncc3)nc2-c2ccc(C)s2)on1. The summed E-state index contributed by atoms with van der Waals surface area (Å²) in [4.78, 5) is 27.3. The normalized spacial score (nSPS) is 10.7. The van der Waals surface area contributed by atoms with Gasteiger partial charge in [-0.15, -0.1) is 11.3 Å². The van der Waals surface area contributed by atoms with Gasteiger partial charge in [0.05, 0.1) is 21.8 Å². The van der Waals surface area contributed by atoms with Gasteiger partial charge in [0, 0.05) is 48.2 Å². The molecule has 0 bridgehead atoms. The molecule has 0 radical (unpaired) electrons. The van der Waals surface area contributed by atoms with E-state index in [0.717, 1.165) is 21.8 Å². The molecule has 0 aliphatic carbocycles. The maximum absolute atomic E-state index is 12.1. The molecule has 0 unspecified atom stereocenters. The van der Waals surface area contributed by atoms with Crippen LogP contribution < -0.4 is 10.6 Å². The van der Waals surface area contributed by atoms with E-state index in [9.17, 15) is 4.79 Å². The van der Waals surface area contributed by atoms with Crippen molar-refractivity contribution in [1.82, 2.24) is 25.4 Å². The number of hydrogen-bond acceptors (Lipinski definition) is 8. The fourth-order valence-electron chi connectivity index (χ4n) is 2.84. The molecule has 4 aromatic rings. The lowest BCUT2D eigenvalue weighted by atomic mass is 10.1. The first-order valence-corrected chi connectivity index (χ1v) is 10.2. The van der Waals surface area contributed by atoms with Gasteiger partial charge in [-0.05, 0) is 38.1 Å². The summed E-state index contributed by atoms with van der Waals surface area (Å²) >= 11 is 1.65. The Bertz CT molecular complexity index is 1160. The van der Waals surface area contributed by atoms with Crippen LogP contribution in [0.25, 0.3) is 21.9 Å². The Labute approximate surface area is 177 Å². The molecule has 0 saturated heterocycles. The van der Waals surface area contributed by atoms with E-state index in [2.05, 4.69) is 38.7 Å². The van der Waals surface area contributed by atoms with Crippen molar-refractivity contribution >= 4 is 23.2 Å². The van der Waals surface area contributed by atoms with E-state index in [4.69, 9.17) is 9.51 Å². The highest BCUT2D eigenvalue weighted by Gasteiger charge is 2.16. The van der Waals surface area contributed by atoms with Gasteiger partial charge in [0.2, 0.25) is 5.95 Å². The van der Waals surface area contributed by atoms with Crippen LogP contribution in [0.5, 0.6) is 0 Å². The first-order chi connectivity index (χ1) is 14.6. The van der Waals surface area contributed by atoms with Gasteiger partial charge in [0.25, 0.3) is 5.91 Å². The van der Waals surface area contributed by atoms with Gasteiger partial charge in [-0.2, -0.15) is 0 Å². The second kappa shape index (κ2) is 8.83. The van der Waals surface area contributed by atoms with Crippen molar-refractivity contribution in [1.29, 1.82) is 0 Å². The summed E-state index contributed by atoms with van der Waals surface area (Å²) in [6, 6.07) is 9.30. The highest BCUT2D eigenvalue weighted by Crippen LogP contribution is 2.35. The molecule has 0 fully saturated rings. The largest absolute Gasteiger partial charge is 0.356 e. The van der Waals surface area contributed by atoms with Crippen molar-refractivity contribution in [2.75, 3.05) is 18.4 Å². The third-order valence-corrected chi connectivity index (χ3v) is 5.30. The number of aryl methyl sites for hydroxylation is 2. The first kappa shape index (κ1) is 19.7. The maximum Gasteiger partial charge on any atom is 0.251 e. The summed E-state index contributed by atoms with van der Waals surface area (Å²) < 4.78 is 5.43. The summed E-state index contributed by atoms with van der Waals surface area (Å²) in [5.41, 5.74) is 2.94. The van der Waals surface area contributed by atoms with E-state index in [-0.39, 0.29) is 5.91 Å². The van der Waals surface area contributed by atoms with Gasteiger partial charge >= 0.3 is 0 Å². The molecule has 4 rings (SSSR count). The summed E-state index contributed by atoms with van der Waals surface area (Å²) in [7, 11) is 0. The number of thiophene rings is 1. The summed E-state index contributed by atoms with van der Waals surface area (Å²) in [6.07, 6.45) is 4.91. The van der Waals surface area contributed by atoms with E-state index >= 15 is 0 Å². The van der Waals surface area contributed by atoms with Crippen LogP contribution in [0.15, 0.2) is 53.4 Å². The summed E-state index contributed by atoms with van der Waals surface area (Å²) in [5, 5.41) is 9.98. The van der Waals surface area contributed by atoms with Crippen molar-refractivity contribution in [3.05, 3.63) is 65.1 Å². The number of carbonyl (C=O) groups is 1. The predicted molar refractivity (Wildman–Crippen MR) is 115 cm³/mol. The summed E-state index contributed by atoms with van der Waals surface area (Å²) in [6.45, 7) is 4.85. The summed E-state index contributed by atoms with van der Waals surface area (Å²) in [5.74, 6) is 0.963. The average molecular weight is 420 g/mol. The number of anilines is 1. The zero-order chi connectivity index (χ0) is 20.9. The number of rotatable bonds is 7. The molecule has 0 aliphatic rings. The Morgan fingerprint density at radius 3 is 2.67 bits per heavy atom. The van der Waals surface area contributed by atoms with Crippen molar-refractivity contribution in [2.24, 2.45) is 0 Å². The quantitative estimate of drug-likeness (QED) is 0.439. The number of amides is 1. The Kier molecular flexibility index (Phi) is 5.80. The third-order valence-electron chi connectivity index (χ3n) is 4.29. The van der Waals surface area contributed by atoms with Gasteiger partial charge in [0.15, 0.2) is 5.76 Å². The van der Waals surface area contributed by atoms with E-state index in [1.54, 1.807) is 42.1 Å². The van der Waals surface area contributed by atoms with Crippen LogP contribution in [-0.4, -0.2) is 39.1 Å². The first-order valence-electron chi connectivity index (χ1n) is 9.40. The molecule has 4 heterocycles. The smallest absolute Gasteiger partial charge is 0.251 e. The molecule has 9 heteroatoms. The second-order valence-electron chi connectivity index (χ2n) is 6.62. The van der Waals surface area contributed by atoms with Crippen molar-refractivity contribution in [3.63, 3.8) is 0 Å². The zero-order valence-corrected chi connectivity index (χ0v) is 17.4. The second-order valence-corrected chi connectivity index (χ2v) is 7.91. The Morgan fingerprint density at radius 1 is 1.13 bits per heavy atom. The van der Waals surface area contributed by atoms with Gasteiger partial charge in [-0.3, -0.25) is 9.78 Å². The number of aromatic nitrogens is 4. The molecule has 0 aromatic carbocycles. The molecule has 0 spiro atoms. The van der Waals surface area contributed by atoms with Crippen LogP contribution in [0, 0.1) is 13.8 Å². The van der Waals surface area contributed by atoms with Gasteiger partial charge in [-0.1, -0.05) is 5.16 Å². The molecule has 4 aromatic heterocycles. The monoisotopic (exact) mass is 420 g/mol. The van der Waals surface area contributed by atoms with Crippen LogP contribution >= 0.6 is 11.3 Å². The highest BCUT2D eigenvalue weighted by molar-refractivity contribution is 7.15. The number of hydrogen-bond donors (Lipinski definition) is 2. The van der Waals surface area contributed by atoms with E-state index in [1.807, 2.05) is 19.1 Å². The number of pyridine rings is 1. The molecule has 8 nitrogen and oxygen atoms in total. The predicted octanol–water partition coefficient (Wildman–Crippen LogP) is 3.71. The average Bonchev–Trinajstić information content (AvgIpc) is 3.40. The van der Waals surface area contributed by atoms with Crippen LogP contribution in [-0.2, 0) is 0 Å². The lowest BCUT2D eigenvalue weighted by Gasteiger charge is -2.09. The topological polar surface area (TPSA) is 106 Å². The minimum Gasteiger partial charge on any atom is -0.356 e. The Balaban J connectivity index is 1.47. The van der Waals surface area contributed by atoms with Crippen molar-refractivity contribution in [3.8, 4) is 21.9 Å². The lowest BCUT2D eigenvalue weighted by molar-refractivity contribution is 0.0955. The van der Waals surface area contributed by atoms with Crippen LogP contribution in [0.3, 0.4) is 0 Å². The fraction of sp³-hybridized carbons (Fsp3) is 0.190. The van der Waals surface area contributed by atoms with E-state index in [1.165, 1.54) is 4.88 Å². The number of nitrogens with one attached hydrogen (secondary N) is 2. The van der Waals surface area contributed by atoms with Crippen LogP contribution in [0.4, 0.5) is 5.95 Å². The molecule has 0 saturated carbocycles. The molecule has 0 aliphatic heterocycles. The molecular formula is C21H20N6O2S.